The number of aryl methyl sites for hydroxylation is 2. The minimum atomic E-state index is -0.142. The van der Waals surface area contributed by atoms with E-state index in [0.717, 1.165) is 26.2 Å². The molecule has 0 fully saturated rings. The smallest absolute Gasteiger partial charge is 0.263 e. The van der Waals surface area contributed by atoms with Crippen molar-refractivity contribution >= 4 is 33.3 Å². The predicted molar refractivity (Wildman–Crippen MR) is 118 cm³/mol. The Morgan fingerprint density at radius 2 is 1.83 bits per heavy atom. The highest BCUT2D eigenvalue weighted by Gasteiger charge is 2.23. The van der Waals surface area contributed by atoms with E-state index in [2.05, 4.69) is 10.2 Å². The minimum absolute atomic E-state index is 0.00345. The van der Waals surface area contributed by atoms with E-state index in [0.29, 0.717) is 16.9 Å². The zero-order chi connectivity index (χ0) is 20.7. The summed E-state index contributed by atoms with van der Waals surface area (Å²) in [5.41, 5.74) is 1.91. The third kappa shape index (κ3) is 3.62. The maximum atomic E-state index is 13.2. The molecule has 4 rings (SSSR count). The highest BCUT2D eigenvalue weighted by atomic mass is 32.2. The van der Waals surface area contributed by atoms with Crippen LogP contribution in [0, 0.1) is 13.8 Å². The van der Waals surface area contributed by atoms with E-state index >= 15 is 0 Å². The third-order valence-corrected chi connectivity index (χ3v) is 6.97. The lowest BCUT2D eigenvalue weighted by molar-refractivity contribution is 0.502. The standard InChI is InChI=1S/C21H22N4O2S2/c1-11(2)25-20(26)16-12(3)13(4)28-19(16)22-21(25)29-14(5)17-23-24-18(27-17)15-9-7-6-8-10-15/h6-11,14H,1-5H3/t14-/m0/s1. The summed E-state index contributed by atoms with van der Waals surface area (Å²) in [5.74, 6) is 0.999. The number of fused-ring (bicyclic) bond motifs is 1. The van der Waals surface area contributed by atoms with Crippen LogP contribution in [0.2, 0.25) is 0 Å². The Bertz CT molecular complexity index is 1220. The Labute approximate surface area is 177 Å². The summed E-state index contributed by atoms with van der Waals surface area (Å²) in [5, 5.41) is 9.64. The van der Waals surface area contributed by atoms with Crippen molar-refractivity contribution < 1.29 is 4.42 Å². The molecule has 1 aromatic carbocycles. The summed E-state index contributed by atoms with van der Waals surface area (Å²) >= 11 is 3.03. The summed E-state index contributed by atoms with van der Waals surface area (Å²) < 4.78 is 7.65. The fourth-order valence-electron chi connectivity index (χ4n) is 3.13. The molecule has 150 valence electrons. The van der Waals surface area contributed by atoms with Crippen molar-refractivity contribution in [3.63, 3.8) is 0 Å². The van der Waals surface area contributed by atoms with Gasteiger partial charge in [0.2, 0.25) is 11.8 Å². The SMILES string of the molecule is Cc1sc2nc(S[C@@H](C)c3nnc(-c4ccccc4)o3)n(C(C)C)c(=O)c2c1C. The quantitative estimate of drug-likeness (QED) is 0.307. The van der Waals surface area contributed by atoms with E-state index in [9.17, 15) is 4.79 Å². The van der Waals surface area contributed by atoms with Crippen LogP contribution >= 0.6 is 23.1 Å². The lowest BCUT2D eigenvalue weighted by Gasteiger charge is -2.16. The van der Waals surface area contributed by atoms with E-state index in [1.165, 1.54) is 11.8 Å². The predicted octanol–water partition coefficient (Wildman–Crippen LogP) is 5.56. The van der Waals surface area contributed by atoms with Crippen LogP contribution in [0.5, 0.6) is 0 Å². The zero-order valence-corrected chi connectivity index (χ0v) is 18.6. The van der Waals surface area contributed by atoms with Gasteiger partial charge >= 0.3 is 0 Å². The van der Waals surface area contributed by atoms with Crippen LogP contribution in [-0.4, -0.2) is 19.7 Å². The molecule has 0 aliphatic rings. The normalized spacial score (nSPS) is 12.8. The number of nitrogens with zero attached hydrogens (tertiary/aromatic N) is 4. The van der Waals surface area contributed by atoms with Gasteiger partial charge in [0.25, 0.3) is 5.56 Å². The first kappa shape index (κ1) is 19.8. The maximum absolute atomic E-state index is 13.2. The van der Waals surface area contributed by atoms with Gasteiger partial charge in [0.05, 0.1) is 10.6 Å². The molecule has 0 unspecified atom stereocenters. The Hall–Kier alpha value is -2.45. The van der Waals surface area contributed by atoms with Crippen LogP contribution in [-0.2, 0) is 0 Å². The van der Waals surface area contributed by atoms with Gasteiger partial charge in [-0.15, -0.1) is 21.5 Å². The summed E-state index contributed by atoms with van der Waals surface area (Å²) in [4.78, 5) is 19.9. The van der Waals surface area contributed by atoms with Crippen molar-refractivity contribution in [2.24, 2.45) is 0 Å². The Kier molecular flexibility index (Phi) is 5.31. The van der Waals surface area contributed by atoms with Gasteiger partial charge in [0.15, 0.2) is 5.16 Å². The number of benzene rings is 1. The lowest BCUT2D eigenvalue weighted by atomic mass is 10.2. The topological polar surface area (TPSA) is 73.8 Å². The summed E-state index contributed by atoms with van der Waals surface area (Å²) in [6, 6.07) is 9.67. The maximum Gasteiger partial charge on any atom is 0.263 e. The van der Waals surface area contributed by atoms with Crippen molar-refractivity contribution in [3.8, 4) is 11.5 Å². The number of thioether (sulfide) groups is 1. The molecule has 3 aromatic heterocycles. The first-order valence-electron chi connectivity index (χ1n) is 9.44. The van der Waals surface area contributed by atoms with Crippen LogP contribution < -0.4 is 5.56 Å². The van der Waals surface area contributed by atoms with Gasteiger partial charge < -0.3 is 4.42 Å². The molecule has 4 aromatic rings. The van der Waals surface area contributed by atoms with E-state index in [1.807, 2.05) is 65.0 Å². The molecule has 0 aliphatic carbocycles. The molecular weight excluding hydrogens is 404 g/mol. The molecule has 0 aliphatic heterocycles. The minimum Gasteiger partial charge on any atom is -0.419 e. The van der Waals surface area contributed by atoms with Gasteiger partial charge in [-0.2, -0.15) is 0 Å². The second-order valence-corrected chi connectivity index (χ2v) is 9.71. The molecule has 0 saturated heterocycles. The number of hydrogen-bond acceptors (Lipinski definition) is 7. The van der Waals surface area contributed by atoms with Crippen molar-refractivity contribution in [2.75, 3.05) is 0 Å². The van der Waals surface area contributed by atoms with Crippen molar-refractivity contribution in [1.82, 2.24) is 19.7 Å². The van der Waals surface area contributed by atoms with Crippen LogP contribution in [0.4, 0.5) is 0 Å². The Morgan fingerprint density at radius 3 is 2.52 bits per heavy atom. The molecule has 0 radical (unpaired) electrons. The molecule has 0 amide bonds. The Morgan fingerprint density at radius 1 is 1.10 bits per heavy atom. The van der Waals surface area contributed by atoms with Crippen molar-refractivity contribution in [2.45, 2.75) is 51.1 Å². The van der Waals surface area contributed by atoms with Crippen LogP contribution in [0.1, 0.15) is 48.4 Å². The van der Waals surface area contributed by atoms with Crippen LogP contribution in [0.15, 0.2) is 44.7 Å². The highest BCUT2D eigenvalue weighted by molar-refractivity contribution is 7.99. The lowest BCUT2D eigenvalue weighted by Crippen LogP contribution is -2.25. The van der Waals surface area contributed by atoms with Gasteiger partial charge in [-0.05, 0) is 52.3 Å². The first-order valence-corrected chi connectivity index (χ1v) is 11.1. The van der Waals surface area contributed by atoms with E-state index in [4.69, 9.17) is 9.40 Å². The summed E-state index contributed by atoms with van der Waals surface area (Å²) in [7, 11) is 0. The number of hydrogen-bond donors (Lipinski definition) is 0. The highest BCUT2D eigenvalue weighted by Crippen LogP contribution is 2.36. The summed E-state index contributed by atoms with van der Waals surface area (Å²) in [6.45, 7) is 10.00. The molecule has 0 saturated carbocycles. The Balaban J connectivity index is 1.71. The van der Waals surface area contributed by atoms with Crippen molar-refractivity contribution in [3.05, 3.63) is 57.0 Å². The number of rotatable bonds is 5. The second-order valence-electron chi connectivity index (χ2n) is 7.20. The van der Waals surface area contributed by atoms with E-state index < -0.39 is 0 Å². The van der Waals surface area contributed by atoms with Gasteiger partial charge in [-0.1, -0.05) is 30.0 Å². The van der Waals surface area contributed by atoms with Crippen LogP contribution in [0.25, 0.3) is 21.7 Å². The fourth-order valence-corrected chi connectivity index (χ4v) is 5.27. The van der Waals surface area contributed by atoms with Crippen LogP contribution in [0.3, 0.4) is 0 Å². The van der Waals surface area contributed by atoms with Gasteiger partial charge in [-0.3, -0.25) is 9.36 Å². The molecule has 6 nitrogen and oxygen atoms in total. The van der Waals surface area contributed by atoms with Gasteiger partial charge in [0, 0.05) is 16.5 Å². The molecular formula is C21H22N4O2S2. The third-order valence-electron chi connectivity index (χ3n) is 4.81. The van der Waals surface area contributed by atoms with Gasteiger partial charge in [-0.25, -0.2) is 4.98 Å². The number of aromatic nitrogens is 4. The molecule has 8 heteroatoms. The average Bonchev–Trinajstić information content (AvgIpc) is 3.28. The van der Waals surface area contributed by atoms with Crippen molar-refractivity contribution in [1.29, 1.82) is 0 Å². The van der Waals surface area contributed by atoms with Gasteiger partial charge in [0.1, 0.15) is 4.83 Å². The molecule has 29 heavy (non-hydrogen) atoms. The number of thiophene rings is 1. The molecule has 0 bridgehead atoms. The molecule has 3 heterocycles. The zero-order valence-electron chi connectivity index (χ0n) is 17.0. The second kappa shape index (κ2) is 7.76. The average molecular weight is 427 g/mol. The molecule has 1 atom stereocenters. The van der Waals surface area contributed by atoms with E-state index in [1.54, 1.807) is 15.9 Å². The van der Waals surface area contributed by atoms with E-state index in [-0.39, 0.29) is 16.9 Å². The monoisotopic (exact) mass is 426 g/mol. The largest absolute Gasteiger partial charge is 0.419 e. The first-order chi connectivity index (χ1) is 13.9. The molecule has 0 spiro atoms. The molecule has 0 N–H and O–H groups in total. The fraction of sp³-hybridized carbons (Fsp3) is 0.333. The summed E-state index contributed by atoms with van der Waals surface area (Å²) in [6.07, 6.45) is 0.